The van der Waals surface area contributed by atoms with Crippen molar-refractivity contribution in [2.24, 2.45) is 5.10 Å². The summed E-state index contributed by atoms with van der Waals surface area (Å²) in [6.45, 7) is 1.72. The number of nitrogens with zero attached hydrogens (tertiary/aromatic N) is 1. The van der Waals surface area contributed by atoms with E-state index in [1.807, 2.05) is 55.5 Å². The highest BCUT2D eigenvalue weighted by atomic mass is 79.9. The van der Waals surface area contributed by atoms with Crippen LogP contribution in [-0.4, -0.2) is 24.7 Å². The van der Waals surface area contributed by atoms with E-state index >= 15 is 0 Å². The standard InChI is InChI=1S/C27H21BrN2O4/c1-18-5-4-7-20(15-18)27(32)34-25-14-9-19-6-2-3-8-23(19)24(25)16-29-30-26(31)17-33-22-12-10-21(28)11-13-22/h2-16H,17H2,1H3,(H,30,31)/b29-16-. The maximum absolute atomic E-state index is 12.7. The molecule has 0 heterocycles. The fourth-order valence-corrected chi connectivity index (χ4v) is 3.57. The van der Waals surface area contributed by atoms with Gasteiger partial charge in [-0.15, -0.1) is 0 Å². The van der Waals surface area contributed by atoms with Crippen molar-refractivity contribution in [2.75, 3.05) is 6.61 Å². The molecule has 1 amide bonds. The van der Waals surface area contributed by atoms with E-state index in [-0.39, 0.29) is 6.61 Å². The SMILES string of the molecule is Cc1cccc(C(=O)Oc2ccc3ccccc3c2/C=N\NC(=O)COc2ccc(Br)cc2)c1. The molecule has 0 unspecified atom stereocenters. The lowest BCUT2D eigenvalue weighted by Crippen LogP contribution is -2.24. The molecule has 0 saturated heterocycles. The number of amides is 1. The van der Waals surface area contributed by atoms with E-state index in [1.165, 1.54) is 6.21 Å². The Balaban J connectivity index is 1.50. The van der Waals surface area contributed by atoms with E-state index in [4.69, 9.17) is 9.47 Å². The fourth-order valence-electron chi connectivity index (χ4n) is 3.31. The Morgan fingerprint density at radius 2 is 1.76 bits per heavy atom. The highest BCUT2D eigenvalue weighted by molar-refractivity contribution is 9.10. The number of esters is 1. The minimum absolute atomic E-state index is 0.191. The molecule has 0 aromatic heterocycles. The van der Waals surface area contributed by atoms with Gasteiger partial charge in [0.1, 0.15) is 11.5 Å². The van der Waals surface area contributed by atoms with Gasteiger partial charge in [0.15, 0.2) is 6.61 Å². The van der Waals surface area contributed by atoms with Crippen molar-refractivity contribution in [3.63, 3.8) is 0 Å². The van der Waals surface area contributed by atoms with Gasteiger partial charge < -0.3 is 9.47 Å². The second-order valence-corrected chi connectivity index (χ2v) is 8.41. The lowest BCUT2D eigenvalue weighted by Gasteiger charge is -2.11. The first-order chi connectivity index (χ1) is 16.5. The van der Waals surface area contributed by atoms with Crippen molar-refractivity contribution in [1.82, 2.24) is 5.43 Å². The van der Waals surface area contributed by atoms with Crippen LogP contribution in [-0.2, 0) is 4.79 Å². The van der Waals surface area contributed by atoms with Crippen molar-refractivity contribution in [3.8, 4) is 11.5 Å². The van der Waals surface area contributed by atoms with Crippen LogP contribution < -0.4 is 14.9 Å². The maximum atomic E-state index is 12.7. The minimum atomic E-state index is -0.472. The molecule has 0 atom stereocenters. The first-order valence-electron chi connectivity index (χ1n) is 10.5. The number of fused-ring (bicyclic) bond motifs is 1. The third-order valence-electron chi connectivity index (χ3n) is 4.95. The van der Waals surface area contributed by atoms with Crippen molar-refractivity contribution in [2.45, 2.75) is 6.92 Å². The van der Waals surface area contributed by atoms with E-state index in [1.54, 1.807) is 36.4 Å². The zero-order valence-corrected chi connectivity index (χ0v) is 19.9. The monoisotopic (exact) mass is 516 g/mol. The van der Waals surface area contributed by atoms with Gasteiger partial charge in [-0.2, -0.15) is 5.10 Å². The van der Waals surface area contributed by atoms with E-state index in [2.05, 4.69) is 26.5 Å². The summed E-state index contributed by atoms with van der Waals surface area (Å²) >= 11 is 3.35. The Morgan fingerprint density at radius 1 is 0.971 bits per heavy atom. The first kappa shape index (κ1) is 23.2. The zero-order chi connectivity index (χ0) is 23.9. The van der Waals surface area contributed by atoms with Gasteiger partial charge in [-0.3, -0.25) is 4.79 Å². The van der Waals surface area contributed by atoms with Gasteiger partial charge in [0.2, 0.25) is 0 Å². The molecule has 0 spiro atoms. The van der Waals surface area contributed by atoms with Gasteiger partial charge in [0.25, 0.3) is 5.91 Å². The molecule has 170 valence electrons. The number of benzene rings is 4. The average molecular weight is 517 g/mol. The number of ether oxygens (including phenoxy) is 2. The fraction of sp³-hybridized carbons (Fsp3) is 0.0741. The number of carbonyl (C=O) groups excluding carboxylic acids is 2. The van der Waals surface area contributed by atoms with Gasteiger partial charge in [-0.05, 0) is 60.2 Å². The molecular formula is C27H21BrN2O4. The number of rotatable bonds is 7. The molecule has 0 saturated carbocycles. The summed E-state index contributed by atoms with van der Waals surface area (Å²) in [6.07, 6.45) is 1.47. The normalized spacial score (nSPS) is 10.9. The largest absolute Gasteiger partial charge is 0.484 e. The number of carbonyl (C=O) groups is 2. The Labute approximate surface area is 205 Å². The lowest BCUT2D eigenvalue weighted by atomic mass is 10.0. The topological polar surface area (TPSA) is 77.0 Å². The van der Waals surface area contributed by atoms with Crippen LogP contribution >= 0.6 is 15.9 Å². The number of hydrogen-bond acceptors (Lipinski definition) is 5. The molecule has 0 bridgehead atoms. The summed E-state index contributed by atoms with van der Waals surface area (Å²) in [6, 6.07) is 25.6. The van der Waals surface area contributed by atoms with E-state index < -0.39 is 11.9 Å². The number of hydrazone groups is 1. The number of hydrogen-bond donors (Lipinski definition) is 1. The van der Waals surface area contributed by atoms with Crippen LogP contribution in [0.25, 0.3) is 10.8 Å². The molecule has 4 aromatic rings. The van der Waals surface area contributed by atoms with Gasteiger partial charge in [0, 0.05) is 10.0 Å². The molecular weight excluding hydrogens is 496 g/mol. The van der Waals surface area contributed by atoms with Crippen molar-refractivity contribution < 1.29 is 19.1 Å². The lowest BCUT2D eigenvalue weighted by molar-refractivity contribution is -0.123. The summed E-state index contributed by atoms with van der Waals surface area (Å²) in [5.41, 5.74) is 4.44. The molecule has 34 heavy (non-hydrogen) atoms. The van der Waals surface area contributed by atoms with Crippen molar-refractivity contribution in [1.29, 1.82) is 0 Å². The molecule has 4 aromatic carbocycles. The molecule has 7 heteroatoms. The number of halogens is 1. The van der Waals surface area contributed by atoms with Crippen molar-refractivity contribution >= 4 is 44.8 Å². The van der Waals surface area contributed by atoms with Gasteiger partial charge in [-0.25, -0.2) is 10.2 Å². The first-order valence-corrected chi connectivity index (χ1v) is 11.3. The molecule has 0 aliphatic rings. The summed E-state index contributed by atoms with van der Waals surface area (Å²) in [4.78, 5) is 24.9. The van der Waals surface area contributed by atoms with Crippen LogP contribution in [0.3, 0.4) is 0 Å². The predicted molar refractivity (Wildman–Crippen MR) is 135 cm³/mol. The Bertz CT molecular complexity index is 1370. The zero-order valence-electron chi connectivity index (χ0n) is 18.3. The molecule has 1 N–H and O–H groups in total. The second kappa shape index (κ2) is 10.8. The maximum Gasteiger partial charge on any atom is 0.343 e. The molecule has 6 nitrogen and oxygen atoms in total. The summed E-state index contributed by atoms with van der Waals surface area (Å²) in [5.74, 6) is 0.0225. The highest BCUT2D eigenvalue weighted by Crippen LogP contribution is 2.27. The molecule has 0 aliphatic heterocycles. The number of aryl methyl sites for hydroxylation is 1. The quantitative estimate of drug-likeness (QED) is 0.149. The van der Waals surface area contributed by atoms with E-state index in [0.717, 1.165) is 20.8 Å². The molecule has 4 rings (SSSR count). The second-order valence-electron chi connectivity index (χ2n) is 7.49. The van der Waals surface area contributed by atoms with Crippen LogP contribution in [0.1, 0.15) is 21.5 Å². The van der Waals surface area contributed by atoms with Gasteiger partial charge in [0.05, 0.1) is 11.8 Å². The Kier molecular flexibility index (Phi) is 7.34. The van der Waals surface area contributed by atoms with Gasteiger partial charge in [-0.1, -0.05) is 64.0 Å². The molecule has 0 radical (unpaired) electrons. The summed E-state index contributed by atoms with van der Waals surface area (Å²) < 4.78 is 12.1. The third kappa shape index (κ3) is 5.88. The molecule has 0 fully saturated rings. The van der Waals surface area contributed by atoms with Crippen LogP contribution in [0, 0.1) is 6.92 Å². The van der Waals surface area contributed by atoms with Crippen molar-refractivity contribution in [3.05, 3.63) is 106 Å². The van der Waals surface area contributed by atoms with Crippen LogP contribution in [0.2, 0.25) is 0 Å². The Hall–Kier alpha value is -3.97. The van der Waals surface area contributed by atoms with E-state index in [0.29, 0.717) is 22.6 Å². The molecule has 0 aliphatic carbocycles. The minimum Gasteiger partial charge on any atom is -0.484 e. The number of nitrogens with one attached hydrogen (secondary N) is 1. The van der Waals surface area contributed by atoms with E-state index in [9.17, 15) is 9.59 Å². The summed E-state index contributed by atoms with van der Waals surface area (Å²) in [7, 11) is 0. The predicted octanol–water partition coefficient (Wildman–Crippen LogP) is 5.66. The summed E-state index contributed by atoms with van der Waals surface area (Å²) in [5, 5.41) is 5.85. The third-order valence-corrected chi connectivity index (χ3v) is 5.48. The van der Waals surface area contributed by atoms with Crippen LogP contribution in [0.15, 0.2) is 94.5 Å². The van der Waals surface area contributed by atoms with Crippen LogP contribution in [0.4, 0.5) is 0 Å². The average Bonchev–Trinajstić information content (AvgIpc) is 2.84. The Morgan fingerprint density at radius 3 is 2.56 bits per heavy atom. The highest BCUT2D eigenvalue weighted by Gasteiger charge is 2.14. The van der Waals surface area contributed by atoms with Crippen LogP contribution in [0.5, 0.6) is 11.5 Å². The smallest absolute Gasteiger partial charge is 0.343 e. The van der Waals surface area contributed by atoms with Gasteiger partial charge >= 0.3 is 5.97 Å².